The molecule has 2 aliphatic rings. The van der Waals surface area contributed by atoms with Crippen LogP contribution >= 0.6 is 11.8 Å². The molecule has 1 amide bonds. The molecule has 0 radical (unpaired) electrons. The van der Waals surface area contributed by atoms with Crippen molar-refractivity contribution in [3.8, 4) is 0 Å². The smallest absolute Gasteiger partial charge is 0.407 e. The van der Waals surface area contributed by atoms with Crippen LogP contribution < -0.4 is 10.6 Å². The third kappa shape index (κ3) is 5.52. The second kappa shape index (κ2) is 7.03. The zero-order valence-corrected chi connectivity index (χ0v) is 13.7. The molecular weight excluding hydrogens is 272 g/mol. The summed E-state index contributed by atoms with van der Waals surface area (Å²) >= 11 is 2.08. The Balaban J connectivity index is 1.54. The minimum Gasteiger partial charge on any atom is -0.444 e. The van der Waals surface area contributed by atoms with Crippen LogP contribution in [0.2, 0.25) is 0 Å². The Bertz CT molecular complexity index is 318. The highest BCUT2D eigenvalue weighted by Gasteiger charge is 2.31. The van der Waals surface area contributed by atoms with E-state index >= 15 is 0 Å². The molecule has 20 heavy (non-hydrogen) atoms. The highest BCUT2D eigenvalue weighted by molar-refractivity contribution is 7.99. The Kier molecular flexibility index (Phi) is 5.61. The summed E-state index contributed by atoms with van der Waals surface area (Å²) in [5, 5.41) is 6.58. The summed E-state index contributed by atoms with van der Waals surface area (Å²) in [4.78, 5) is 11.6. The number of nitrogens with one attached hydrogen (secondary N) is 2. The average Bonchev–Trinajstić information content (AvgIpc) is 2.31. The summed E-state index contributed by atoms with van der Waals surface area (Å²) in [5.41, 5.74) is -0.412. The Morgan fingerprint density at radius 1 is 1.20 bits per heavy atom. The maximum Gasteiger partial charge on any atom is 0.407 e. The molecule has 1 heterocycles. The van der Waals surface area contributed by atoms with E-state index in [1.807, 2.05) is 20.8 Å². The standard InChI is InChI=1S/C15H28N2O2S/c1-15(2,3)19-14(18)17-13-8-12(9-13)16-10-11-4-6-20-7-5-11/h11-13,16H,4-10H2,1-3H3,(H,17,18). The van der Waals surface area contributed by atoms with E-state index in [0.717, 1.165) is 25.3 Å². The molecule has 1 aliphatic heterocycles. The van der Waals surface area contributed by atoms with Crippen LogP contribution in [0.5, 0.6) is 0 Å². The second-order valence-corrected chi connectivity index (χ2v) is 8.20. The van der Waals surface area contributed by atoms with Gasteiger partial charge in [0.15, 0.2) is 0 Å². The average molecular weight is 300 g/mol. The van der Waals surface area contributed by atoms with Gasteiger partial charge in [-0.05, 0) is 70.4 Å². The largest absolute Gasteiger partial charge is 0.444 e. The number of hydrogen-bond donors (Lipinski definition) is 2. The fourth-order valence-electron chi connectivity index (χ4n) is 2.66. The number of ether oxygens (including phenoxy) is 1. The molecule has 1 aliphatic carbocycles. The van der Waals surface area contributed by atoms with Gasteiger partial charge in [-0.3, -0.25) is 0 Å². The summed E-state index contributed by atoms with van der Waals surface area (Å²) < 4.78 is 5.26. The van der Waals surface area contributed by atoms with Gasteiger partial charge in [0.1, 0.15) is 5.60 Å². The number of alkyl carbamates (subject to hydrolysis) is 1. The molecule has 2 N–H and O–H groups in total. The Morgan fingerprint density at radius 2 is 1.85 bits per heavy atom. The molecule has 1 saturated carbocycles. The second-order valence-electron chi connectivity index (χ2n) is 6.98. The summed E-state index contributed by atoms with van der Waals surface area (Å²) in [6.07, 6.45) is 4.47. The van der Waals surface area contributed by atoms with E-state index in [1.165, 1.54) is 24.3 Å². The van der Waals surface area contributed by atoms with E-state index in [0.29, 0.717) is 6.04 Å². The highest BCUT2D eigenvalue weighted by atomic mass is 32.2. The van der Waals surface area contributed by atoms with Crippen LogP contribution in [-0.4, -0.2) is 41.8 Å². The Morgan fingerprint density at radius 3 is 2.45 bits per heavy atom. The van der Waals surface area contributed by atoms with E-state index in [2.05, 4.69) is 22.4 Å². The van der Waals surface area contributed by atoms with Gasteiger partial charge in [0.05, 0.1) is 0 Å². The molecule has 0 aromatic heterocycles. The van der Waals surface area contributed by atoms with Crippen molar-refractivity contribution >= 4 is 17.9 Å². The maximum absolute atomic E-state index is 11.6. The van der Waals surface area contributed by atoms with Crippen LogP contribution in [-0.2, 0) is 4.74 Å². The van der Waals surface area contributed by atoms with E-state index in [9.17, 15) is 4.79 Å². The molecular formula is C15H28N2O2S. The van der Waals surface area contributed by atoms with Gasteiger partial charge < -0.3 is 15.4 Å². The summed E-state index contributed by atoms with van der Waals surface area (Å²) in [5.74, 6) is 3.49. The van der Waals surface area contributed by atoms with E-state index in [1.54, 1.807) is 0 Å². The molecule has 2 rings (SSSR count). The zero-order chi connectivity index (χ0) is 14.6. The molecule has 5 heteroatoms. The topological polar surface area (TPSA) is 50.4 Å². The number of hydrogen-bond acceptors (Lipinski definition) is 4. The third-order valence-corrected chi connectivity index (χ3v) is 4.94. The van der Waals surface area contributed by atoms with Crippen molar-refractivity contribution in [3.05, 3.63) is 0 Å². The Hall–Kier alpha value is -0.420. The lowest BCUT2D eigenvalue weighted by molar-refractivity contribution is 0.0464. The number of amides is 1. The van der Waals surface area contributed by atoms with Crippen molar-refractivity contribution < 1.29 is 9.53 Å². The lowest BCUT2D eigenvalue weighted by Gasteiger charge is -2.37. The third-order valence-electron chi connectivity index (χ3n) is 3.90. The predicted octanol–water partition coefficient (Wildman–Crippen LogP) is 2.77. The van der Waals surface area contributed by atoms with Crippen molar-refractivity contribution in [1.82, 2.24) is 10.6 Å². The molecule has 0 atom stereocenters. The molecule has 0 spiro atoms. The van der Waals surface area contributed by atoms with Crippen LogP contribution in [0.25, 0.3) is 0 Å². The molecule has 0 unspecified atom stereocenters. The number of thioether (sulfide) groups is 1. The van der Waals surface area contributed by atoms with Gasteiger partial charge in [-0.1, -0.05) is 0 Å². The van der Waals surface area contributed by atoms with Crippen LogP contribution in [0, 0.1) is 5.92 Å². The lowest BCUT2D eigenvalue weighted by atomic mass is 9.86. The van der Waals surface area contributed by atoms with Gasteiger partial charge in [0.2, 0.25) is 0 Å². The fraction of sp³-hybridized carbons (Fsp3) is 0.933. The van der Waals surface area contributed by atoms with Crippen molar-refractivity contribution in [2.45, 2.75) is 64.1 Å². The van der Waals surface area contributed by atoms with Gasteiger partial charge in [-0.2, -0.15) is 11.8 Å². The van der Waals surface area contributed by atoms with Crippen molar-refractivity contribution in [3.63, 3.8) is 0 Å². The molecule has 1 saturated heterocycles. The van der Waals surface area contributed by atoms with E-state index in [4.69, 9.17) is 4.74 Å². The summed E-state index contributed by atoms with van der Waals surface area (Å²) in [6, 6.07) is 0.855. The fourth-order valence-corrected chi connectivity index (χ4v) is 3.86. The lowest BCUT2D eigenvalue weighted by Crippen LogP contribution is -2.53. The minimum absolute atomic E-state index is 0.282. The predicted molar refractivity (Wildman–Crippen MR) is 84.2 cm³/mol. The Labute approximate surface area is 126 Å². The first kappa shape index (κ1) is 16.0. The van der Waals surface area contributed by atoms with E-state index < -0.39 is 5.60 Å². The van der Waals surface area contributed by atoms with Gasteiger partial charge in [0, 0.05) is 12.1 Å². The maximum atomic E-state index is 11.6. The first-order chi connectivity index (χ1) is 9.42. The summed E-state index contributed by atoms with van der Waals surface area (Å²) in [7, 11) is 0. The monoisotopic (exact) mass is 300 g/mol. The SMILES string of the molecule is CC(C)(C)OC(=O)NC1CC(NCC2CCSCC2)C1. The number of carbonyl (C=O) groups is 1. The molecule has 2 fully saturated rings. The van der Waals surface area contributed by atoms with Crippen LogP contribution in [0.3, 0.4) is 0 Å². The van der Waals surface area contributed by atoms with E-state index in [-0.39, 0.29) is 12.1 Å². The first-order valence-electron chi connectivity index (χ1n) is 7.73. The molecule has 0 aromatic rings. The molecule has 0 aromatic carbocycles. The quantitative estimate of drug-likeness (QED) is 0.838. The van der Waals surface area contributed by atoms with Crippen LogP contribution in [0.15, 0.2) is 0 Å². The van der Waals surface area contributed by atoms with Crippen molar-refractivity contribution in [2.75, 3.05) is 18.1 Å². The van der Waals surface area contributed by atoms with Crippen molar-refractivity contribution in [2.24, 2.45) is 5.92 Å². The normalized spacial score (nSPS) is 27.8. The number of rotatable bonds is 4. The van der Waals surface area contributed by atoms with Gasteiger partial charge >= 0.3 is 6.09 Å². The van der Waals surface area contributed by atoms with Gasteiger partial charge in [-0.15, -0.1) is 0 Å². The zero-order valence-electron chi connectivity index (χ0n) is 12.9. The minimum atomic E-state index is -0.412. The van der Waals surface area contributed by atoms with Gasteiger partial charge in [0.25, 0.3) is 0 Å². The van der Waals surface area contributed by atoms with Crippen LogP contribution in [0.4, 0.5) is 4.79 Å². The van der Waals surface area contributed by atoms with Crippen molar-refractivity contribution in [1.29, 1.82) is 0 Å². The molecule has 116 valence electrons. The molecule has 4 nitrogen and oxygen atoms in total. The molecule has 0 bridgehead atoms. The summed E-state index contributed by atoms with van der Waals surface area (Å²) in [6.45, 7) is 6.81. The van der Waals surface area contributed by atoms with Crippen LogP contribution in [0.1, 0.15) is 46.5 Å². The highest BCUT2D eigenvalue weighted by Crippen LogP contribution is 2.24. The van der Waals surface area contributed by atoms with Gasteiger partial charge in [-0.25, -0.2) is 4.79 Å². The first-order valence-corrected chi connectivity index (χ1v) is 8.88. The number of carbonyl (C=O) groups excluding carboxylic acids is 1.